The number of rotatable bonds is 7. The molecule has 3 heterocycles. The van der Waals surface area contributed by atoms with Crippen LogP contribution in [-0.4, -0.2) is 67.2 Å². The van der Waals surface area contributed by atoms with Crippen molar-refractivity contribution in [3.63, 3.8) is 0 Å². The maximum atomic E-state index is 14.1. The Kier molecular flexibility index (Phi) is 8.33. The van der Waals surface area contributed by atoms with Crippen LogP contribution in [0.25, 0.3) is 21.9 Å². The lowest BCUT2D eigenvalue weighted by Gasteiger charge is -2.36. The summed E-state index contributed by atoms with van der Waals surface area (Å²) in [6.07, 6.45) is 2.75. The fraction of sp³-hybridized carbons (Fsp3) is 0.455. The number of fused-ring (bicyclic) bond motifs is 2. The molecule has 1 unspecified atom stereocenters. The van der Waals surface area contributed by atoms with Gasteiger partial charge >= 0.3 is 11.8 Å². The second-order valence-electron chi connectivity index (χ2n) is 13.1. The molecule has 1 fully saturated rings. The first-order chi connectivity index (χ1) is 20.7. The van der Waals surface area contributed by atoms with Gasteiger partial charge in [0.05, 0.1) is 11.0 Å². The maximum absolute atomic E-state index is 14.1. The molecule has 1 aliphatic heterocycles. The van der Waals surface area contributed by atoms with Gasteiger partial charge in [-0.2, -0.15) is 0 Å². The van der Waals surface area contributed by atoms with Crippen molar-refractivity contribution in [2.75, 3.05) is 13.1 Å². The van der Waals surface area contributed by atoms with Crippen LogP contribution in [0, 0.1) is 0 Å². The predicted octanol–water partition coefficient (Wildman–Crippen LogP) is 4.02. The number of H-pyrrole nitrogens is 1. The minimum Gasteiger partial charge on any atom is -0.444 e. The number of nitrogens with one attached hydrogen (secondary N) is 3. The molecule has 11 heteroatoms. The number of piperidine rings is 1. The van der Waals surface area contributed by atoms with Crippen LogP contribution in [0.5, 0.6) is 0 Å². The number of aromatic nitrogens is 3. The van der Waals surface area contributed by atoms with E-state index in [2.05, 4.69) is 15.6 Å². The normalized spacial score (nSPS) is 15.4. The summed E-state index contributed by atoms with van der Waals surface area (Å²) in [5.41, 5.74) is 1.37. The number of nitrogens with zero attached hydrogens (tertiary/aromatic N) is 3. The number of carbonyl (C=O) groups excluding carboxylic acids is 3. The zero-order valence-corrected chi connectivity index (χ0v) is 26.3. The number of amides is 3. The summed E-state index contributed by atoms with van der Waals surface area (Å²) in [5, 5.41) is 6.59. The molecule has 44 heavy (non-hydrogen) atoms. The van der Waals surface area contributed by atoms with Gasteiger partial charge in [0.25, 0.3) is 0 Å². The molecule has 1 aliphatic rings. The molecule has 1 saturated heterocycles. The van der Waals surface area contributed by atoms with E-state index in [-0.39, 0.29) is 24.1 Å². The van der Waals surface area contributed by atoms with Crippen LogP contribution in [-0.2, 0) is 27.8 Å². The first-order valence-electron chi connectivity index (χ1n) is 15.1. The average Bonchev–Trinajstić information content (AvgIpc) is 3.46. The highest BCUT2D eigenvalue weighted by Crippen LogP contribution is 2.27. The molecule has 0 aliphatic carbocycles. The van der Waals surface area contributed by atoms with Gasteiger partial charge < -0.3 is 29.8 Å². The maximum Gasteiger partial charge on any atom is 0.408 e. The summed E-state index contributed by atoms with van der Waals surface area (Å²) < 4.78 is 9.15. The number of imidazole rings is 1. The Morgan fingerprint density at radius 2 is 1.61 bits per heavy atom. The molecule has 0 bridgehead atoms. The predicted molar refractivity (Wildman–Crippen MR) is 169 cm³/mol. The number of alkyl carbamates (subject to hydrolysis) is 1. The number of aromatic amines is 1. The van der Waals surface area contributed by atoms with E-state index in [0.29, 0.717) is 25.9 Å². The molecule has 0 radical (unpaired) electrons. The Labute approximate surface area is 256 Å². The van der Waals surface area contributed by atoms with Crippen LogP contribution in [0.15, 0.2) is 59.5 Å². The zero-order chi connectivity index (χ0) is 31.8. The van der Waals surface area contributed by atoms with Crippen molar-refractivity contribution in [3.8, 4) is 0 Å². The lowest BCUT2D eigenvalue weighted by Crippen LogP contribution is -2.60. The number of carbonyl (C=O) groups is 3. The van der Waals surface area contributed by atoms with Gasteiger partial charge in [0.15, 0.2) is 0 Å². The van der Waals surface area contributed by atoms with Crippen molar-refractivity contribution >= 4 is 39.8 Å². The molecular weight excluding hydrogens is 560 g/mol. The van der Waals surface area contributed by atoms with Crippen molar-refractivity contribution in [2.24, 2.45) is 7.05 Å². The summed E-state index contributed by atoms with van der Waals surface area (Å²) in [7, 11) is 1.95. The molecule has 3 N–H and O–H groups in total. The number of likely N-dealkylation sites (tertiary alicyclic amines) is 1. The largest absolute Gasteiger partial charge is 0.444 e. The number of benzene rings is 2. The van der Waals surface area contributed by atoms with E-state index < -0.39 is 29.2 Å². The van der Waals surface area contributed by atoms with Gasteiger partial charge in [-0.15, -0.1) is 0 Å². The molecule has 11 nitrogen and oxygen atoms in total. The molecule has 234 valence electrons. The Bertz CT molecular complexity index is 1750. The van der Waals surface area contributed by atoms with E-state index in [4.69, 9.17) is 4.74 Å². The van der Waals surface area contributed by atoms with Crippen molar-refractivity contribution in [1.29, 1.82) is 0 Å². The molecule has 0 saturated carbocycles. The molecule has 0 spiro atoms. The molecule has 2 aromatic carbocycles. The van der Waals surface area contributed by atoms with Crippen LogP contribution >= 0.6 is 0 Å². The van der Waals surface area contributed by atoms with E-state index >= 15 is 0 Å². The van der Waals surface area contributed by atoms with Gasteiger partial charge in [-0.25, -0.2) is 9.59 Å². The number of hydrogen-bond donors (Lipinski definition) is 3. The fourth-order valence-electron chi connectivity index (χ4n) is 5.96. The number of ether oxygens (including phenoxy) is 1. The Hall–Kier alpha value is -4.54. The highest BCUT2D eigenvalue weighted by molar-refractivity contribution is 5.94. The molecule has 2 aromatic heterocycles. The summed E-state index contributed by atoms with van der Waals surface area (Å²) in [5.74, 6) is -0.703. The fourth-order valence-corrected chi connectivity index (χ4v) is 5.96. The van der Waals surface area contributed by atoms with Crippen LogP contribution in [0.4, 0.5) is 4.79 Å². The van der Waals surface area contributed by atoms with Gasteiger partial charge in [0.2, 0.25) is 11.8 Å². The minimum atomic E-state index is -1.34. The number of para-hydroxylation sites is 3. The SMILES string of the molecule is Cn1cc(CC(NC(=O)C(C)(C)NC(=O)OC(C)(C)C)C(=O)N2CCC(n3c(=O)[nH]c4ccccc43)CC2)c2ccccc21. The van der Waals surface area contributed by atoms with Crippen LogP contribution in [0.2, 0.25) is 0 Å². The molecule has 5 rings (SSSR count). The lowest BCUT2D eigenvalue weighted by atomic mass is 9.98. The van der Waals surface area contributed by atoms with Crippen molar-refractivity contribution in [3.05, 3.63) is 70.8 Å². The van der Waals surface area contributed by atoms with Gasteiger partial charge in [0.1, 0.15) is 17.2 Å². The van der Waals surface area contributed by atoms with Gasteiger partial charge in [-0.3, -0.25) is 14.2 Å². The first kappa shape index (κ1) is 30.9. The summed E-state index contributed by atoms with van der Waals surface area (Å²) in [6.45, 7) is 9.28. The van der Waals surface area contributed by atoms with Gasteiger partial charge in [-0.1, -0.05) is 30.3 Å². The second kappa shape index (κ2) is 11.9. The molecular formula is C33H42N6O5. The smallest absolute Gasteiger partial charge is 0.408 e. The number of aryl methyl sites for hydroxylation is 1. The quantitative estimate of drug-likeness (QED) is 0.294. The van der Waals surface area contributed by atoms with Crippen LogP contribution in [0.1, 0.15) is 59.1 Å². The zero-order valence-electron chi connectivity index (χ0n) is 26.3. The summed E-state index contributed by atoms with van der Waals surface area (Å²) in [4.78, 5) is 57.7. The van der Waals surface area contributed by atoms with E-state index in [9.17, 15) is 19.2 Å². The molecule has 4 aromatic rings. The summed E-state index contributed by atoms with van der Waals surface area (Å²) >= 11 is 0. The molecule has 3 amide bonds. The standard InChI is InChI=1S/C33H42N6O5/c1-32(2,3)44-31(43)36-33(4,5)29(41)34-25(19-21-20-37(6)26-13-9-7-11-23(21)26)28(40)38-17-15-22(16-18-38)39-27-14-10-8-12-24(27)35-30(39)42/h7-14,20,22,25H,15-19H2,1-6H3,(H,34,41)(H,35,42)(H,36,43). The third-order valence-corrected chi connectivity index (χ3v) is 8.15. The Morgan fingerprint density at radius 1 is 0.977 bits per heavy atom. The minimum absolute atomic E-state index is 0.0502. The third-order valence-electron chi connectivity index (χ3n) is 8.15. The van der Waals surface area contributed by atoms with E-state index in [1.54, 1.807) is 44.1 Å². The molecule has 1 atom stereocenters. The topological polar surface area (TPSA) is 130 Å². The monoisotopic (exact) mass is 602 g/mol. The van der Waals surface area contributed by atoms with Gasteiger partial charge in [-0.05, 0) is 71.2 Å². The van der Waals surface area contributed by atoms with E-state index in [1.165, 1.54) is 0 Å². The average molecular weight is 603 g/mol. The first-order valence-corrected chi connectivity index (χ1v) is 15.1. The van der Waals surface area contributed by atoms with Gasteiger partial charge in [0, 0.05) is 49.7 Å². The van der Waals surface area contributed by atoms with Crippen molar-refractivity contribution < 1.29 is 19.1 Å². The van der Waals surface area contributed by atoms with Crippen molar-refractivity contribution in [1.82, 2.24) is 29.7 Å². The van der Waals surface area contributed by atoms with Crippen LogP contribution in [0.3, 0.4) is 0 Å². The second-order valence-corrected chi connectivity index (χ2v) is 13.1. The third kappa shape index (κ3) is 6.51. The highest BCUT2D eigenvalue weighted by atomic mass is 16.6. The number of hydrogen-bond acceptors (Lipinski definition) is 5. The van der Waals surface area contributed by atoms with E-state index in [1.807, 2.05) is 66.3 Å². The Balaban J connectivity index is 1.36. The Morgan fingerprint density at radius 3 is 2.30 bits per heavy atom. The lowest BCUT2D eigenvalue weighted by molar-refractivity contribution is -0.138. The van der Waals surface area contributed by atoms with Crippen LogP contribution < -0.4 is 16.3 Å². The van der Waals surface area contributed by atoms with E-state index in [0.717, 1.165) is 27.5 Å². The summed E-state index contributed by atoms with van der Waals surface area (Å²) in [6, 6.07) is 14.6. The highest BCUT2D eigenvalue weighted by Gasteiger charge is 2.37. The van der Waals surface area contributed by atoms with Crippen molar-refractivity contribution in [2.45, 2.75) is 77.1 Å².